The highest BCUT2D eigenvalue weighted by Crippen LogP contribution is 2.26. The number of Topliss-reactive ketones (excluding diaryl/α,β-unsaturated/α-hetero) is 1. The smallest absolute Gasteiger partial charge is 0.146 e. The van der Waals surface area contributed by atoms with Crippen molar-refractivity contribution in [2.75, 3.05) is 13.2 Å². The first-order valence-electron chi connectivity index (χ1n) is 4.61. The predicted molar refractivity (Wildman–Crippen MR) is 44.9 cm³/mol. The molecule has 1 N–H and O–H groups in total. The van der Waals surface area contributed by atoms with Crippen LogP contribution in [-0.2, 0) is 9.53 Å². The molecule has 0 bridgehead atoms. The van der Waals surface area contributed by atoms with Crippen LogP contribution < -0.4 is 5.32 Å². The summed E-state index contributed by atoms with van der Waals surface area (Å²) in [4.78, 5) is 11.1. The Labute approximate surface area is 72.5 Å². The van der Waals surface area contributed by atoms with Crippen molar-refractivity contribution >= 4 is 5.78 Å². The first kappa shape index (κ1) is 8.20. The molecule has 0 radical (unpaired) electrons. The van der Waals surface area contributed by atoms with Gasteiger partial charge in [0.05, 0.1) is 12.6 Å². The summed E-state index contributed by atoms with van der Waals surface area (Å²) in [5.41, 5.74) is 0. The lowest BCUT2D eigenvalue weighted by atomic mass is 9.95. The molecule has 2 rings (SSSR count). The van der Waals surface area contributed by atoms with Crippen molar-refractivity contribution in [3.63, 3.8) is 0 Å². The summed E-state index contributed by atoms with van der Waals surface area (Å²) < 4.78 is 5.36. The zero-order chi connectivity index (χ0) is 8.55. The summed E-state index contributed by atoms with van der Waals surface area (Å²) in [5.74, 6) is 0.844. The van der Waals surface area contributed by atoms with Crippen LogP contribution in [0, 0.1) is 5.92 Å². The van der Waals surface area contributed by atoms with E-state index in [4.69, 9.17) is 4.74 Å². The van der Waals surface area contributed by atoms with Crippen molar-refractivity contribution in [2.45, 2.75) is 31.8 Å². The van der Waals surface area contributed by atoms with E-state index in [0.717, 1.165) is 26.1 Å². The zero-order valence-corrected chi connectivity index (χ0v) is 7.38. The first-order valence-corrected chi connectivity index (χ1v) is 4.61. The fourth-order valence-corrected chi connectivity index (χ4v) is 2.16. The highest BCUT2D eigenvalue weighted by molar-refractivity contribution is 5.81. The Morgan fingerprint density at radius 3 is 3.08 bits per heavy atom. The molecule has 3 nitrogen and oxygen atoms in total. The van der Waals surface area contributed by atoms with Crippen LogP contribution >= 0.6 is 0 Å². The lowest BCUT2D eigenvalue weighted by Gasteiger charge is -2.24. The number of carbonyl (C=O) groups excluding carboxylic acids is 1. The Bertz CT molecular complexity index is 179. The van der Waals surface area contributed by atoms with E-state index in [1.165, 1.54) is 0 Å². The Morgan fingerprint density at radius 1 is 1.58 bits per heavy atom. The maximum Gasteiger partial charge on any atom is 0.146 e. The topological polar surface area (TPSA) is 38.3 Å². The maximum atomic E-state index is 11.1. The minimum Gasteiger partial charge on any atom is -0.381 e. The molecular formula is C9H15NO2. The van der Waals surface area contributed by atoms with Gasteiger partial charge in [0, 0.05) is 12.6 Å². The number of carbonyl (C=O) groups is 1. The zero-order valence-electron chi connectivity index (χ0n) is 7.38. The van der Waals surface area contributed by atoms with Crippen LogP contribution in [0.15, 0.2) is 0 Å². The lowest BCUT2D eigenvalue weighted by Crippen LogP contribution is -2.38. The van der Waals surface area contributed by atoms with Crippen molar-refractivity contribution in [3.8, 4) is 0 Å². The molecule has 0 aromatic rings. The molecule has 68 valence electrons. The molecule has 2 fully saturated rings. The van der Waals surface area contributed by atoms with Crippen molar-refractivity contribution in [1.29, 1.82) is 0 Å². The van der Waals surface area contributed by atoms with E-state index in [2.05, 4.69) is 5.32 Å². The summed E-state index contributed by atoms with van der Waals surface area (Å²) in [6.07, 6.45) is 2.04. The second kappa shape index (κ2) is 3.15. The third-order valence-electron chi connectivity index (χ3n) is 2.92. The van der Waals surface area contributed by atoms with Gasteiger partial charge in [0.2, 0.25) is 0 Å². The molecule has 3 unspecified atom stereocenters. The van der Waals surface area contributed by atoms with Gasteiger partial charge in [-0.25, -0.2) is 0 Å². The molecule has 12 heavy (non-hydrogen) atoms. The van der Waals surface area contributed by atoms with E-state index in [-0.39, 0.29) is 11.8 Å². The number of hydrogen-bond acceptors (Lipinski definition) is 3. The largest absolute Gasteiger partial charge is 0.381 e. The highest BCUT2D eigenvalue weighted by atomic mass is 16.5. The van der Waals surface area contributed by atoms with Gasteiger partial charge in [0.15, 0.2) is 0 Å². The standard InChI is InChI=1S/C9H15NO2/c1-6(11)9-4-7-5-12-3-2-8(7)10-9/h7-10H,2-5H2,1H3. The molecule has 2 aliphatic rings. The molecule has 3 heteroatoms. The SMILES string of the molecule is CC(=O)C1CC2COCCC2N1. The molecule has 3 atom stereocenters. The van der Waals surface area contributed by atoms with Crippen molar-refractivity contribution in [2.24, 2.45) is 5.92 Å². The molecule has 2 heterocycles. The summed E-state index contributed by atoms with van der Waals surface area (Å²) >= 11 is 0. The van der Waals surface area contributed by atoms with Crippen molar-refractivity contribution in [1.82, 2.24) is 5.32 Å². The molecular weight excluding hydrogens is 154 g/mol. The Hall–Kier alpha value is -0.410. The monoisotopic (exact) mass is 169 g/mol. The van der Waals surface area contributed by atoms with Gasteiger partial charge >= 0.3 is 0 Å². The molecule has 0 amide bonds. The van der Waals surface area contributed by atoms with Gasteiger partial charge in [-0.2, -0.15) is 0 Å². The highest BCUT2D eigenvalue weighted by Gasteiger charge is 2.37. The number of rotatable bonds is 1. The minimum atomic E-state index is 0.0988. The van der Waals surface area contributed by atoms with Crippen LogP contribution in [0.1, 0.15) is 19.8 Å². The van der Waals surface area contributed by atoms with Gasteiger partial charge in [-0.05, 0) is 25.7 Å². The number of hydrogen-bond donors (Lipinski definition) is 1. The summed E-state index contributed by atoms with van der Waals surface area (Å²) in [5, 5.41) is 3.36. The number of nitrogens with one attached hydrogen (secondary N) is 1. The quantitative estimate of drug-likeness (QED) is 0.615. The molecule has 0 aliphatic carbocycles. The molecule has 2 aliphatic heterocycles. The number of ketones is 1. The van der Waals surface area contributed by atoms with Crippen LogP contribution in [0.5, 0.6) is 0 Å². The normalized spacial score (nSPS) is 40.9. The van der Waals surface area contributed by atoms with Gasteiger partial charge in [0.25, 0.3) is 0 Å². The summed E-state index contributed by atoms with van der Waals surface area (Å²) in [6, 6.07) is 0.634. The van der Waals surface area contributed by atoms with Crippen LogP contribution in [0.25, 0.3) is 0 Å². The number of ether oxygens (including phenoxy) is 1. The average Bonchev–Trinajstić information content (AvgIpc) is 2.46. The van der Waals surface area contributed by atoms with Gasteiger partial charge in [-0.15, -0.1) is 0 Å². The van der Waals surface area contributed by atoms with Crippen LogP contribution in [0.4, 0.5) is 0 Å². The molecule has 0 saturated carbocycles. The summed E-state index contributed by atoms with van der Waals surface area (Å²) in [6.45, 7) is 3.34. The molecule has 0 aromatic carbocycles. The van der Waals surface area contributed by atoms with E-state index in [0.29, 0.717) is 12.0 Å². The van der Waals surface area contributed by atoms with Gasteiger partial charge < -0.3 is 10.1 Å². The molecule has 0 aromatic heterocycles. The third-order valence-corrected chi connectivity index (χ3v) is 2.92. The van der Waals surface area contributed by atoms with Gasteiger partial charge in [0.1, 0.15) is 5.78 Å². The van der Waals surface area contributed by atoms with Crippen LogP contribution in [0.2, 0.25) is 0 Å². The average molecular weight is 169 g/mol. The fourth-order valence-electron chi connectivity index (χ4n) is 2.16. The van der Waals surface area contributed by atoms with E-state index in [1.807, 2.05) is 0 Å². The minimum absolute atomic E-state index is 0.0988. The second-order valence-corrected chi connectivity index (χ2v) is 3.80. The number of fused-ring (bicyclic) bond motifs is 1. The molecule has 2 saturated heterocycles. The van der Waals surface area contributed by atoms with Crippen molar-refractivity contribution in [3.05, 3.63) is 0 Å². The Balaban J connectivity index is 1.98. The Kier molecular flexibility index (Phi) is 2.15. The lowest BCUT2D eigenvalue weighted by molar-refractivity contribution is -0.118. The van der Waals surface area contributed by atoms with E-state index in [1.54, 1.807) is 6.92 Å². The predicted octanol–water partition coefficient (Wildman–Crippen LogP) is 0.342. The maximum absolute atomic E-state index is 11.1. The van der Waals surface area contributed by atoms with Gasteiger partial charge in [-0.1, -0.05) is 0 Å². The van der Waals surface area contributed by atoms with Gasteiger partial charge in [-0.3, -0.25) is 4.79 Å². The van der Waals surface area contributed by atoms with Crippen LogP contribution in [-0.4, -0.2) is 31.1 Å². The van der Waals surface area contributed by atoms with Crippen molar-refractivity contribution < 1.29 is 9.53 Å². The fraction of sp³-hybridized carbons (Fsp3) is 0.889. The van der Waals surface area contributed by atoms with E-state index >= 15 is 0 Å². The van der Waals surface area contributed by atoms with E-state index < -0.39 is 0 Å². The Morgan fingerprint density at radius 2 is 2.42 bits per heavy atom. The second-order valence-electron chi connectivity index (χ2n) is 3.80. The molecule has 0 spiro atoms. The first-order chi connectivity index (χ1) is 5.77. The summed E-state index contributed by atoms with van der Waals surface area (Å²) in [7, 11) is 0. The van der Waals surface area contributed by atoms with Crippen LogP contribution in [0.3, 0.4) is 0 Å². The van der Waals surface area contributed by atoms with E-state index in [9.17, 15) is 4.79 Å². The third kappa shape index (κ3) is 1.39.